The molecule has 1 fully saturated rings. The topological polar surface area (TPSA) is 81.2 Å². The maximum absolute atomic E-state index is 13.5. The Morgan fingerprint density at radius 3 is 2.69 bits per heavy atom. The van der Waals surface area contributed by atoms with Crippen molar-refractivity contribution < 1.29 is 27.4 Å². The summed E-state index contributed by atoms with van der Waals surface area (Å²) in [5, 5.41) is 2.94. The predicted molar refractivity (Wildman–Crippen MR) is 112 cm³/mol. The number of amides is 1. The first-order valence-electron chi connectivity index (χ1n) is 10.5. The fraction of sp³-hybridized carbons (Fsp3) is 0.455. The fourth-order valence-electron chi connectivity index (χ4n) is 4.13. The summed E-state index contributed by atoms with van der Waals surface area (Å²) in [6.07, 6.45) is 4.22. The van der Waals surface area contributed by atoms with Crippen LogP contribution in [0.4, 0.5) is 13.2 Å². The fourth-order valence-corrected chi connectivity index (χ4v) is 4.13. The number of alkyl halides is 3. The molecule has 2 aromatic heterocycles. The summed E-state index contributed by atoms with van der Waals surface area (Å²) in [7, 11) is 1.62. The maximum atomic E-state index is 13.5. The summed E-state index contributed by atoms with van der Waals surface area (Å²) in [4.78, 5) is 19.7. The lowest BCUT2D eigenvalue weighted by molar-refractivity contribution is -0.136. The first-order chi connectivity index (χ1) is 15.4. The van der Waals surface area contributed by atoms with Crippen molar-refractivity contribution in [3.8, 4) is 5.69 Å². The van der Waals surface area contributed by atoms with Crippen molar-refractivity contribution in [1.82, 2.24) is 19.9 Å². The second-order valence-corrected chi connectivity index (χ2v) is 7.90. The zero-order valence-corrected chi connectivity index (χ0v) is 17.6. The zero-order chi connectivity index (χ0) is 22.7. The van der Waals surface area contributed by atoms with E-state index in [0.717, 1.165) is 31.9 Å². The Morgan fingerprint density at radius 1 is 1.25 bits per heavy atom. The van der Waals surface area contributed by atoms with Crippen LogP contribution in [0.3, 0.4) is 0 Å². The number of imidazole rings is 1. The van der Waals surface area contributed by atoms with Crippen molar-refractivity contribution >= 4 is 16.8 Å². The third kappa shape index (κ3) is 4.81. The van der Waals surface area contributed by atoms with Gasteiger partial charge in [-0.1, -0.05) is 0 Å². The van der Waals surface area contributed by atoms with Gasteiger partial charge in [-0.25, -0.2) is 4.98 Å². The largest absolute Gasteiger partial charge is 0.418 e. The number of carbonyl (C=O) groups excluding carboxylic acids is 1. The molecule has 4 rings (SSSR count). The minimum Gasteiger partial charge on any atom is -0.382 e. The molecule has 2 N–H and O–H groups in total. The van der Waals surface area contributed by atoms with Crippen LogP contribution in [0.1, 0.15) is 41.6 Å². The molecule has 0 bridgehead atoms. The second kappa shape index (κ2) is 9.33. The van der Waals surface area contributed by atoms with Crippen LogP contribution in [0.25, 0.3) is 16.6 Å². The number of nitrogens with zero attached hydrogens (tertiary/aromatic N) is 2. The van der Waals surface area contributed by atoms with Gasteiger partial charge < -0.3 is 24.3 Å². The molecule has 1 aromatic carbocycles. The molecule has 2 heterocycles. The van der Waals surface area contributed by atoms with Gasteiger partial charge in [0.2, 0.25) is 0 Å². The number of methoxy groups -OCH3 is 1. The summed E-state index contributed by atoms with van der Waals surface area (Å²) in [5.74, 6) is -0.406. The molecule has 0 saturated heterocycles. The maximum Gasteiger partial charge on any atom is 0.418 e. The quantitative estimate of drug-likeness (QED) is 0.532. The van der Waals surface area contributed by atoms with E-state index in [1.54, 1.807) is 23.9 Å². The van der Waals surface area contributed by atoms with Crippen molar-refractivity contribution in [2.24, 2.45) is 0 Å². The monoisotopic (exact) mass is 450 g/mol. The molecule has 7 nitrogen and oxygen atoms in total. The first kappa shape index (κ1) is 22.3. The number of rotatable bonds is 7. The van der Waals surface area contributed by atoms with E-state index in [-0.39, 0.29) is 28.6 Å². The van der Waals surface area contributed by atoms with Crippen LogP contribution >= 0.6 is 0 Å². The summed E-state index contributed by atoms with van der Waals surface area (Å²) >= 11 is 0. The Morgan fingerprint density at radius 2 is 2.03 bits per heavy atom. The molecule has 32 heavy (non-hydrogen) atoms. The lowest BCUT2D eigenvalue weighted by atomic mass is 9.92. The number of ether oxygens (including phenoxy) is 2. The van der Waals surface area contributed by atoms with Gasteiger partial charge in [0.05, 0.1) is 42.3 Å². The number of fused-ring (bicyclic) bond motifs is 1. The molecule has 0 aliphatic heterocycles. The van der Waals surface area contributed by atoms with Gasteiger partial charge in [0.1, 0.15) is 0 Å². The number of hydrogen-bond donors (Lipinski definition) is 2. The lowest BCUT2D eigenvalue weighted by Crippen LogP contribution is -2.39. The normalized spacial score (nSPS) is 19.4. The average Bonchev–Trinajstić information content (AvgIpc) is 3.44. The van der Waals surface area contributed by atoms with Gasteiger partial charge in [-0.15, -0.1) is 0 Å². The summed E-state index contributed by atoms with van der Waals surface area (Å²) in [5.41, 5.74) is -0.0480. The Balaban J connectivity index is 1.55. The molecule has 10 heteroatoms. The summed E-state index contributed by atoms with van der Waals surface area (Å²) in [6, 6.07) is 2.93. The van der Waals surface area contributed by atoms with Crippen LogP contribution < -0.4 is 5.32 Å². The Bertz CT molecular complexity index is 1050. The molecule has 172 valence electrons. The standard InChI is InChI=1S/C22H25F3N4O3/c1-31-8-9-32-16-4-2-14(3-5-16)28-21(30)18-11-15(29-7-6-26-13-29)10-17-19(22(23,24)25)12-27-20(17)18/h6-7,10-14,16,27H,2-5,8-9H2,1H3,(H,28,30). The van der Waals surface area contributed by atoms with Crippen molar-refractivity contribution in [3.05, 3.63) is 48.2 Å². The third-order valence-corrected chi connectivity index (χ3v) is 5.78. The average molecular weight is 450 g/mol. The molecule has 1 saturated carbocycles. The number of nitrogens with one attached hydrogen (secondary N) is 2. The van der Waals surface area contributed by atoms with Gasteiger partial charge in [-0.2, -0.15) is 13.2 Å². The van der Waals surface area contributed by atoms with E-state index in [0.29, 0.717) is 18.9 Å². The number of benzene rings is 1. The van der Waals surface area contributed by atoms with E-state index in [1.165, 1.54) is 18.6 Å². The molecule has 3 aromatic rings. The highest BCUT2D eigenvalue weighted by Gasteiger charge is 2.35. The van der Waals surface area contributed by atoms with E-state index in [9.17, 15) is 18.0 Å². The van der Waals surface area contributed by atoms with Gasteiger partial charge in [0.25, 0.3) is 5.91 Å². The van der Waals surface area contributed by atoms with Crippen molar-refractivity contribution in [1.29, 1.82) is 0 Å². The van der Waals surface area contributed by atoms with Crippen molar-refractivity contribution in [2.75, 3.05) is 20.3 Å². The van der Waals surface area contributed by atoms with Crippen LogP contribution in [-0.2, 0) is 15.7 Å². The molecule has 0 unspecified atom stereocenters. The van der Waals surface area contributed by atoms with E-state index in [4.69, 9.17) is 9.47 Å². The number of aromatic nitrogens is 3. The summed E-state index contributed by atoms with van der Waals surface area (Å²) < 4.78 is 52.9. The molecular formula is C22H25F3N4O3. The third-order valence-electron chi connectivity index (χ3n) is 5.78. The highest BCUT2D eigenvalue weighted by Crippen LogP contribution is 2.37. The van der Waals surface area contributed by atoms with E-state index in [2.05, 4.69) is 15.3 Å². The summed E-state index contributed by atoms with van der Waals surface area (Å²) in [6.45, 7) is 1.07. The van der Waals surface area contributed by atoms with E-state index in [1.807, 2.05) is 0 Å². The van der Waals surface area contributed by atoms with Gasteiger partial charge in [0.15, 0.2) is 0 Å². The minimum absolute atomic E-state index is 0.0518. The van der Waals surface area contributed by atoms with E-state index >= 15 is 0 Å². The number of H-pyrrole nitrogens is 1. The van der Waals surface area contributed by atoms with Crippen molar-refractivity contribution in [2.45, 2.75) is 44.0 Å². The Hall–Kier alpha value is -2.85. The van der Waals surface area contributed by atoms with Gasteiger partial charge in [0, 0.05) is 42.8 Å². The highest BCUT2D eigenvalue weighted by molar-refractivity contribution is 6.07. The highest BCUT2D eigenvalue weighted by atomic mass is 19.4. The molecule has 1 aliphatic rings. The molecule has 0 radical (unpaired) electrons. The number of hydrogen-bond acceptors (Lipinski definition) is 4. The minimum atomic E-state index is -4.54. The van der Waals surface area contributed by atoms with Crippen LogP contribution in [-0.4, -0.2) is 52.9 Å². The first-order valence-corrected chi connectivity index (χ1v) is 10.5. The molecule has 1 amide bonds. The molecule has 0 atom stereocenters. The van der Waals surface area contributed by atoms with Crippen LogP contribution in [0, 0.1) is 0 Å². The van der Waals surface area contributed by atoms with Crippen molar-refractivity contribution in [3.63, 3.8) is 0 Å². The Labute approximate surface area is 182 Å². The molecule has 1 aliphatic carbocycles. The molecule has 0 spiro atoms. The number of carbonyl (C=O) groups is 1. The van der Waals surface area contributed by atoms with Crippen LogP contribution in [0.2, 0.25) is 0 Å². The lowest BCUT2D eigenvalue weighted by Gasteiger charge is -2.29. The smallest absolute Gasteiger partial charge is 0.382 e. The van der Waals surface area contributed by atoms with Crippen LogP contribution in [0.15, 0.2) is 37.1 Å². The van der Waals surface area contributed by atoms with Gasteiger partial charge in [-0.3, -0.25) is 4.79 Å². The predicted octanol–water partition coefficient (Wildman–Crippen LogP) is 4.08. The Kier molecular flexibility index (Phi) is 6.52. The molecular weight excluding hydrogens is 425 g/mol. The SMILES string of the molecule is COCCOC1CCC(NC(=O)c2cc(-n3ccnc3)cc3c(C(F)(F)F)c[nH]c23)CC1. The van der Waals surface area contributed by atoms with Gasteiger partial charge in [-0.05, 0) is 37.8 Å². The van der Waals surface area contributed by atoms with Gasteiger partial charge >= 0.3 is 6.18 Å². The second-order valence-electron chi connectivity index (χ2n) is 7.90. The van der Waals surface area contributed by atoms with Crippen LogP contribution in [0.5, 0.6) is 0 Å². The zero-order valence-electron chi connectivity index (χ0n) is 17.6. The van der Waals surface area contributed by atoms with E-state index < -0.39 is 17.6 Å². The number of aromatic amines is 1. The number of halogens is 3.